The molecule has 1 unspecified atom stereocenters. The van der Waals surface area contributed by atoms with E-state index in [9.17, 15) is 14.4 Å². The molecule has 4 bridgehead atoms. The van der Waals surface area contributed by atoms with Gasteiger partial charge in [-0.15, -0.1) is 0 Å². The third-order valence-electron chi connectivity index (χ3n) is 6.41. The van der Waals surface area contributed by atoms with Gasteiger partial charge in [0.2, 0.25) is 0 Å². The van der Waals surface area contributed by atoms with E-state index in [1.165, 1.54) is 7.11 Å². The standard InChI is InChI=1S/C18H26O5/c1-5-23-16(20)11-8-18(2,3)14-9-6-7-10(14)13(17(21)22-4)12(9)15(11)19/h9-14H,5-8H2,1-4H3/t9-,10+,11?,12-,13-,14+/m0/s1. The lowest BCUT2D eigenvalue weighted by Crippen LogP contribution is -2.42. The molecule has 0 radical (unpaired) electrons. The second-order valence-corrected chi connectivity index (χ2v) is 7.91. The molecule has 3 aliphatic rings. The molecule has 3 saturated carbocycles. The number of ketones is 1. The van der Waals surface area contributed by atoms with E-state index in [-0.39, 0.29) is 47.4 Å². The average Bonchev–Trinajstić information content (AvgIpc) is 3.05. The van der Waals surface area contributed by atoms with Crippen LogP contribution in [0, 0.1) is 40.9 Å². The number of carbonyl (C=O) groups excluding carboxylic acids is 3. The van der Waals surface area contributed by atoms with E-state index < -0.39 is 11.9 Å². The van der Waals surface area contributed by atoms with Crippen molar-refractivity contribution in [1.82, 2.24) is 0 Å². The van der Waals surface area contributed by atoms with Crippen LogP contribution in [0.1, 0.15) is 40.0 Å². The van der Waals surface area contributed by atoms with Gasteiger partial charge in [-0.25, -0.2) is 0 Å². The lowest BCUT2D eigenvalue weighted by molar-refractivity contribution is -0.160. The summed E-state index contributed by atoms with van der Waals surface area (Å²) in [6.45, 7) is 6.27. The number of methoxy groups -OCH3 is 1. The van der Waals surface area contributed by atoms with E-state index in [4.69, 9.17) is 9.47 Å². The Morgan fingerprint density at radius 3 is 2.43 bits per heavy atom. The molecule has 0 saturated heterocycles. The summed E-state index contributed by atoms with van der Waals surface area (Å²) in [5.41, 5.74) is -0.156. The highest BCUT2D eigenvalue weighted by Crippen LogP contribution is 2.65. The van der Waals surface area contributed by atoms with Gasteiger partial charge in [-0.05, 0) is 49.4 Å². The van der Waals surface area contributed by atoms with Crippen molar-refractivity contribution in [2.75, 3.05) is 13.7 Å². The minimum Gasteiger partial charge on any atom is -0.469 e. The number of hydrogen-bond acceptors (Lipinski definition) is 5. The molecule has 128 valence electrons. The fourth-order valence-corrected chi connectivity index (χ4v) is 5.84. The second-order valence-electron chi connectivity index (χ2n) is 7.91. The van der Waals surface area contributed by atoms with Crippen LogP contribution in [0.4, 0.5) is 0 Å². The van der Waals surface area contributed by atoms with Gasteiger partial charge < -0.3 is 9.47 Å². The minimum absolute atomic E-state index is 0.0957. The summed E-state index contributed by atoms with van der Waals surface area (Å²) >= 11 is 0. The van der Waals surface area contributed by atoms with Gasteiger partial charge in [-0.2, -0.15) is 0 Å². The van der Waals surface area contributed by atoms with E-state index in [0.29, 0.717) is 12.3 Å². The first-order valence-electron chi connectivity index (χ1n) is 8.61. The van der Waals surface area contributed by atoms with Crippen molar-refractivity contribution in [3.63, 3.8) is 0 Å². The maximum atomic E-state index is 13.1. The van der Waals surface area contributed by atoms with Crippen LogP contribution in [-0.2, 0) is 23.9 Å². The first-order chi connectivity index (χ1) is 10.8. The molecule has 0 amide bonds. The van der Waals surface area contributed by atoms with Gasteiger partial charge in [0.25, 0.3) is 0 Å². The summed E-state index contributed by atoms with van der Waals surface area (Å²) in [4.78, 5) is 37.8. The van der Waals surface area contributed by atoms with Gasteiger partial charge in [0.15, 0.2) is 5.78 Å². The van der Waals surface area contributed by atoms with Gasteiger partial charge in [-0.1, -0.05) is 13.8 Å². The SMILES string of the molecule is CCOC(=O)C1CC(C)(C)[C@H]2[C@@H]3CC[C@H]2[C@H](C1=O)[C@H]3C(=O)OC. The summed E-state index contributed by atoms with van der Waals surface area (Å²) < 4.78 is 10.1. The topological polar surface area (TPSA) is 69.7 Å². The first kappa shape index (κ1) is 16.5. The number of carbonyl (C=O) groups is 3. The van der Waals surface area contributed by atoms with E-state index in [1.807, 2.05) is 0 Å². The quantitative estimate of drug-likeness (QED) is 0.588. The Bertz CT molecular complexity index is 538. The van der Waals surface area contributed by atoms with Crippen LogP contribution in [-0.4, -0.2) is 31.4 Å². The molecule has 23 heavy (non-hydrogen) atoms. The van der Waals surface area contributed by atoms with Crippen LogP contribution in [0.2, 0.25) is 0 Å². The summed E-state index contributed by atoms with van der Waals surface area (Å²) in [7, 11) is 1.38. The molecule has 0 spiro atoms. The molecule has 6 atom stereocenters. The van der Waals surface area contributed by atoms with Crippen molar-refractivity contribution < 1.29 is 23.9 Å². The summed E-state index contributed by atoms with van der Waals surface area (Å²) in [6.07, 6.45) is 2.47. The third kappa shape index (κ3) is 2.31. The highest BCUT2D eigenvalue weighted by molar-refractivity contribution is 6.02. The molecule has 3 rings (SSSR count). The van der Waals surface area contributed by atoms with Crippen LogP contribution in [0.5, 0.6) is 0 Å². The lowest BCUT2D eigenvalue weighted by atomic mass is 9.67. The molecule has 0 heterocycles. The summed E-state index contributed by atoms with van der Waals surface area (Å²) in [5, 5.41) is 0. The molecule has 3 fully saturated rings. The van der Waals surface area contributed by atoms with Gasteiger partial charge >= 0.3 is 11.9 Å². The Labute approximate surface area is 137 Å². The largest absolute Gasteiger partial charge is 0.469 e. The lowest BCUT2D eigenvalue weighted by Gasteiger charge is -2.37. The van der Waals surface area contributed by atoms with Gasteiger partial charge in [0.05, 0.1) is 19.6 Å². The van der Waals surface area contributed by atoms with Crippen LogP contribution >= 0.6 is 0 Å². The zero-order valence-corrected chi connectivity index (χ0v) is 14.3. The smallest absolute Gasteiger partial charge is 0.316 e. The van der Waals surface area contributed by atoms with Gasteiger partial charge in [0, 0.05) is 5.92 Å². The Hall–Kier alpha value is -1.39. The highest BCUT2D eigenvalue weighted by Gasteiger charge is 2.66. The van der Waals surface area contributed by atoms with E-state index >= 15 is 0 Å². The van der Waals surface area contributed by atoms with E-state index in [0.717, 1.165) is 12.8 Å². The Kier molecular flexibility index (Phi) is 4.01. The Morgan fingerprint density at radius 2 is 1.83 bits per heavy atom. The van der Waals surface area contributed by atoms with Crippen molar-refractivity contribution in [2.24, 2.45) is 40.9 Å². The summed E-state index contributed by atoms with van der Waals surface area (Å²) in [5.74, 6) is -1.60. The zero-order chi connectivity index (χ0) is 16.9. The normalized spacial score (nSPS) is 40.6. The first-order valence-corrected chi connectivity index (χ1v) is 8.61. The molecule has 0 N–H and O–H groups in total. The fourth-order valence-electron chi connectivity index (χ4n) is 5.84. The van der Waals surface area contributed by atoms with Crippen LogP contribution in [0.15, 0.2) is 0 Å². The fraction of sp³-hybridized carbons (Fsp3) is 0.833. The number of Topliss-reactive ketones (excluding diaryl/α,β-unsaturated/α-hetero) is 1. The van der Waals surface area contributed by atoms with Gasteiger partial charge in [0.1, 0.15) is 5.92 Å². The molecule has 0 aliphatic heterocycles. The molecule has 0 aromatic carbocycles. The maximum Gasteiger partial charge on any atom is 0.316 e. The second kappa shape index (κ2) is 5.60. The average molecular weight is 322 g/mol. The predicted octanol–water partition coefficient (Wildman–Crippen LogP) is 2.23. The molecule has 5 heteroatoms. The molecule has 0 aromatic heterocycles. The zero-order valence-electron chi connectivity index (χ0n) is 14.3. The highest BCUT2D eigenvalue weighted by atomic mass is 16.5. The van der Waals surface area contributed by atoms with E-state index in [2.05, 4.69) is 13.8 Å². The number of esters is 2. The van der Waals surface area contributed by atoms with Crippen molar-refractivity contribution in [3.8, 4) is 0 Å². The number of rotatable bonds is 3. The predicted molar refractivity (Wildman–Crippen MR) is 82.2 cm³/mol. The Balaban J connectivity index is 2.01. The molecular weight excluding hydrogens is 296 g/mol. The minimum atomic E-state index is -0.742. The molecule has 3 aliphatic carbocycles. The summed E-state index contributed by atoms with van der Waals surface area (Å²) in [6, 6.07) is 0. The number of ether oxygens (including phenoxy) is 2. The van der Waals surface area contributed by atoms with Crippen LogP contribution < -0.4 is 0 Å². The number of hydrogen-bond donors (Lipinski definition) is 0. The molecular formula is C18H26O5. The van der Waals surface area contributed by atoms with Crippen molar-refractivity contribution in [3.05, 3.63) is 0 Å². The van der Waals surface area contributed by atoms with Crippen molar-refractivity contribution in [2.45, 2.75) is 40.0 Å². The molecule has 5 nitrogen and oxygen atoms in total. The van der Waals surface area contributed by atoms with Gasteiger partial charge in [-0.3, -0.25) is 14.4 Å². The monoisotopic (exact) mass is 322 g/mol. The van der Waals surface area contributed by atoms with Crippen LogP contribution in [0.3, 0.4) is 0 Å². The van der Waals surface area contributed by atoms with Crippen molar-refractivity contribution in [1.29, 1.82) is 0 Å². The maximum absolute atomic E-state index is 13.1. The van der Waals surface area contributed by atoms with Crippen molar-refractivity contribution >= 4 is 17.7 Å². The third-order valence-corrected chi connectivity index (χ3v) is 6.41. The Morgan fingerprint density at radius 1 is 1.17 bits per heavy atom. The molecule has 0 aromatic rings. The van der Waals surface area contributed by atoms with E-state index in [1.54, 1.807) is 6.92 Å². The van der Waals surface area contributed by atoms with Crippen LogP contribution in [0.25, 0.3) is 0 Å².